The van der Waals surface area contributed by atoms with Crippen LogP contribution < -0.4 is 0 Å². The SMILES string of the molecule is CCCn1cncc1Cn1cc(Cl)c([N+](=O)[O-])n1. The molecule has 2 rings (SSSR count). The minimum atomic E-state index is -0.595. The molecule has 2 aromatic heterocycles. The van der Waals surface area contributed by atoms with Crippen LogP contribution >= 0.6 is 11.6 Å². The molecule has 7 nitrogen and oxygen atoms in total. The third kappa shape index (κ3) is 2.51. The predicted octanol–water partition coefficient (Wildman–Crippen LogP) is 2.10. The number of nitrogens with zero attached hydrogens (tertiary/aromatic N) is 5. The lowest BCUT2D eigenvalue weighted by molar-refractivity contribution is -0.389. The highest BCUT2D eigenvalue weighted by molar-refractivity contribution is 6.32. The van der Waals surface area contributed by atoms with E-state index in [-0.39, 0.29) is 10.8 Å². The van der Waals surface area contributed by atoms with Gasteiger partial charge in [0.15, 0.2) is 5.02 Å². The number of halogens is 1. The second-order valence-electron chi connectivity index (χ2n) is 3.83. The normalized spacial score (nSPS) is 10.8. The quantitative estimate of drug-likeness (QED) is 0.615. The van der Waals surface area contributed by atoms with Crippen LogP contribution in [-0.2, 0) is 13.1 Å². The Morgan fingerprint density at radius 1 is 1.56 bits per heavy atom. The van der Waals surface area contributed by atoms with Gasteiger partial charge in [-0.25, -0.2) is 4.98 Å². The van der Waals surface area contributed by atoms with Crippen LogP contribution in [0.15, 0.2) is 18.7 Å². The Hall–Kier alpha value is -1.89. The molecule has 0 saturated carbocycles. The zero-order chi connectivity index (χ0) is 13.1. The summed E-state index contributed by atoms with van der Waals surface area (Å²) in [7, 11) is 0. The van der Waals surface area contributed by atoms with Crippen molar-refractivity contribution >= 4 is 17.4 Å². The van der Waals surface area contributed by atoms with Crippen LogP contribution in [0.4, 0.5) is 5.82 Å². The van der Waals surface area contributed by atoms with Gasteiger partial charge in [-0.1, -0.05) is 18.5 Å². The fourth-order valence-corrected chi connectivity index (χ4v) is 1.90. The first-order valence-corrected chi connectivity index (χ1v) is 5.86. The third-order valence-corrected chi connectivity index (χ3v) is 2.73. The zero-order valence-corrected chi connectivity index (χ0v) is 10.5. The molecule has 0 N–H and O–H groups in total. The molecule has 0 amide bonds. The van der Waals surface area contributed by atoms with E-state index in [9.17, 15) is 10.1 Å². The molecule has 0 saturated heterocycles. The zero-order valence-electron chi connectivity index (χ0n) is 9.78. The average Bonchev–Trinajstić information content (AvgIpc) is 2.87. The number of hydrogen-bond acceptors (Lipinski definition) is 4. The number of imidazole rings is 1. The van der Waals surface area contributed by atoms with Gasteiger partial charge >= 0.3 is 5.82 Å². The lowest BCUT2D eigenvalue weighted by Gasteiger charge is -2.04. The van der Waals surface area contributed by atoms with E-state index in [2.05, 4.69) is 17.0 Å². The third-order valence-electron chi connectivity index (χ3n) is 2.46. The molecule has 0 atom stereocenters. The molecule has 2 heterocycles. The standard InChI is InChI=1S/C10H12ClN5O2/c1-2-3-14-7-12-4-8(14)5-15-6-9(11)10(13-15)16(17)18/h4,6-7H,2-3,5H2,1H3. The lowest BCUT2D eigenvalue weighted by Crippen LogP contribution is -2.07. The molecule has 0 bridgehead atoms. The molecule has 2 aromatic rings. The Kier molecular flexibility index (Phi) is 3.61. The first kappa shape index (κ1) is 12.6. The maximum Gasteiger partial charge on any atom is 0.408 e. The van der Waals surface area contributed by atoms with E-state index in [1.54, 1.807) is 12.5 Å². The summed E-state index contributed by atoms with van der Waals surface area (Å²) in [4.78, 5) is 14.1. The number of nitro groups is 1. The molecule has 8 heteroatoms. The summed E-state index contributed by atoms with van der Waals surface area (Å²) in [6.45, 7) is 3.33. The van der Waals surface area contributed by atoms with Crippen LogP contribution in [0.3, 0.4) is 0 Å². The van der Waals surface area contributed by atoms with Gasteiger partial charge in [0.2, 0.25) is 0 Å². The second-order valence-corrected chi connectivity index (χ2v) is 4.24. The van der Waals surface area contributed by atoms with E-state index in [0.29, 0.717) is 6.54 Å². The first-order chi connectivity index (χ1) is 8.61. The van der Waals surface area contributed by atoms with Crippen LogP contribution in [0, 0.1) is 10.1 Å². The maximum atomic E-state index is 10.6. The van der Waals surface area contributed by atoms with E-state index in [4.69, 9.17) is 11.6 Å². The number of hydrogen-bond donors (Lipinski definition) is 0. The monoisotopic (exact) mass is 269 g/mol. The lowest BCUT2D eigenvalue weighted by atomic mass is 10.4. The first-order valence-electron chi connectivity index (χ1n) is 5.48. The van der Waals surface area contributed by atoms with Gasteiger partial charge < -0.3 is 14.7 Å². The Morgan fingerprint density at radius 3 is 2.94 bits per heavy atom. The van der Waals surface area contributed by atoms with Gasteiger partial charge in [-0.2, -0.15) is 4.68 Å². The largest absolute Gasteiger partial charge is 0.408 e. The Bertz CT molecular complexity index is 562. The molecule has 0 aliphatic rings. The molecule has 96 valence electrons. The van der Waals surface area contributed by atoms with Crippen LogP contribution in [0.25, 0.3) is 0 Å². The molecular formula is C10H12ClN5O2. The second kappa shape index (κ2) is 5.18. The number of aryl methyl sites for hydroxylation is 1. The summed E-state index contributed by atoms with van der Waals surface area (Å²) in [5, 5.41) is 14.5. The van der Waals surface area contributed by atoms with E-state index >= 15 is 0 Å². The van der Waals surface area contributed by atoms with E-state index in [0.717, 1.165) is 18.7 Å². The van der Waals surface area contributed by atoms with Crippen molar-refractivity contribution in [1.29, 1.82) is 0 Å². The van der Waals surface area contributed by atoms with Crippen molar-refractivity contribution in [1.82, 2.24) is 19.3 Å². The average molecular weight is 270 g/mol. The van der Waals surface area contributed by atoms with Crippen molar-refractivity contribution in [2.75, 3.05) is 0 Å². The fourth-order valence-electron chi connectivity index (χ4n) is 1.68. The van der Waals surface area contributed by atoms with Crippen LogP contribution in [0.5, 0.6) is 0 Å². The molecule has 0 spiro atoms. The van der Waals surface area contributed by atoms with Crippen molar-refractivity contribution in [3.63, 3.8) is 0 Å². The van der Waals surface area contributed by atoms with Gasteiger partial charge in [-0.15, -0.1) is 0 Å². The number of aromatic nitrogens is 4. The fraction of sp³-hybridized carbons (Fsp3) is 0.400. The molecule has 0 fully saturated rings. The minimum Gasteiger partial charge on any atom is -0.358 e. The molecule has 0 aromatic carbocycles. The Labute approximate surface area is 108 Å². The summed E-state index contributed by atoms with van der Waals surface area (Å²) in [5.74, 6) is -0.321. The summed E-state index contributed by atoms with van der Waals surface area (Å²) >= 11 is 5.73. The van der Waals surface area contributed by atoms with Crippen molar-refractivity contribution in [2.45, 2.75) is 26.4 Å². The highest BCUT2D eigenvalue weighted by Gasteiger charge is 2.19. The van der Waals surface area contributed by atoms with Crippen LogP contribution in [0.1, 0.15) is 19.0 Å². The molecule has 0 radical (unpaired) electrons. The molecule has 0 aliphatic heterocycles. The summed E-state index contributed by atoms with van der Waals surface area (Å²) in [6, 6.07) is 0. The van der Waals surface area contributed by atoms with Gasteiger partial charge in [0, 0.05) is 6.54 Å². The summed E-state index contributed by atoms with van der Waals surface area (Å²) in [6.07, 6.45) is 5.89. The Morgan fingerprint density at radius 2 is 2.33 bits per heavy atom. The van der Waals surface area contributed by atoms with Crippen molar-refractivity contribution in [3.8, 4) is 0 Å². The summed E-state index contributed by atoms with van der Waals surface area (Å²) in [5.41, 5.74) is 0.936. The van der Waals surface area contributed by atoms with Gasteiger partial charge in [0.05, 0.1) is 29.5 Å². The van der Waals surface area contributed by atoms with Gasteiger partial charge in [0.1, 0.15) is 6.54 Å². The molecule has 0 unspecified atom stereocenters. The van der Waals surface area contributed by atoms with Crippen molar-refractivity contribution < 1.29 is 4.92 Å². The molecular weight excluding hydrogens is 258 g/mol. The highest BCUT2D eigenvalue weighted by atomic mass is 35.5. The predicted molar refractivity (Wildman–Crippen MR) is 65.5 cm³/mol. The Balaban J connectivity index is 2.21. The van der Waals surface area contributed by atoms with Gasteiger partial charge in [-0.3, -0.25) is 0 Å². The molecule has 0 aliphatic carbocycles. The van der Waals surface area contributed by atoms with Crippen LogP contribution in [0.2, 0.25) is 5.02 Å². The summed E-state index contributed by atoms with van der Waals surface area (Å²) < 4.78 is 3.44. The molecule has 18 heavy (non-hydrogen) atoms. The van der Waals surface area contributed by atoms with E-state index < -0.39 is 4.92 Å². The van der Waals surface area contributed by atoms with E-state index in [1.165, 1.54) is 10.9 Å². The van der Waals surface area contributed by atoms with Crippen molar-refractivity contribution in [3.05, 3.63) is 39.6 Å². The maximum absolute atomic E-state index is 10.6. The highest BCUT2D eigenvalue weighted by Crippen LogP contribution is 2.21. The van der Waals surface area contributed by atoms with Crippen molar-refractivity contribution in [2.24, 2.45) is 0 Å². The minimum absolute atomic E-state index is 0.0431. The topological polar surface area (TPSA) is 78.8 Å². The van der Waals surface area contributed by atoms with E-state index in [1.807, 2.05) is 4.57 Å². The smallest absolute Gasteiger partial charge is 0.358 e. The van der Waals surface area contributed by atoms with Crippen LogP contribution in [-0.4, -0.2) is 24.3 Å². The van der Waals surface area contributed by atoms with Gasteiger partial charge in [0.25, 0.3) is 0 Å². The van der Waals surface area contributed by atoms with Gasteiger partial charge in [-0.05, 0) is 11.3 Å². The number of rotatable bonds is 5.